The molecule has 0 aliphatic carbocycles. The van der Waals surface area contributed by atoms with E-state index in [1.165, 1.54) is 11.5 Å². The Bertz CT molecular complexity index is 557. The average molecular weight is 322 g/mol. The van der Waals surface area contributed by atoms with Gasteiger partial charge < -0.3 is 10.6 Å². The maximum absolute atomic E-state index is 11.8. The number of benzene rings is 1. The average Bonchev–Trinajstić information content (AvgIpc) is 3.00. The molecule has 1 heterocycles. The van der Waals surface area contributed by atoms with E-state index in [0.717, 1.165) is 29.1 Å². The summed E-state index contributed by atoms with van der Waals surface area (Å²) in [6.07, 6.45) is 3.02. The van der Waals surface area contributed by atoms with Gasteiger partial charge in [0.05, 0.1) is 0 Å². The van der Waals surface area contributed by atoms with Gasteiger partial charge in [0.1, 0.15) is 5.69 Å². The largest absolute Gasteiger partial charge is 0.335 e. The molecule has 2 aromatic rings. The predicted molar refractivity (Wildman–Crippen MR) is 90.0 cm³/mol. The van der Waals surface area contributed by atoms with Gasteiger partial charge in [0, 0.05) is 22.7 Å². The molecule has 2 amide bonds. The molecule has 0 radical (unpaired) electrons. The minimum Gasteiger partial charge on any atom is -0.335 e. The monoisotopic (exact) mass is 322 g/mol. The highest BCUT2D eigenvalue weighted by atomic mass is 32.2. The molecule has 0 fully saturated rings. The predicted octanol–water partition coefficient (Wildman–Crippen LogP) is 3.47. The number of carbonyl (C=O) groups is 1. The molecule has 1 aromatic carbocycles. The molecular formula is C14H18N4OS2. The fourth-order valence-electron chi connectivity index (χ4n) is 1.77. The van der Waals surface area contributed by atoms with Gasteiger partial charge in [-0.3, -0.25) is 0 Å². The van der Waals surface area contributed by atoms with E-state index in [2.05, 4.69) is 26.5 Å². The number of aromatic nitrogens is 2. The van der Waals surface area contributed by atoms with Gasteiger partial charge in [0.15, 0.2) is 0 Å². The number of nitrogens with one attached hydrogen (secondary N) is 2. The van der Waals surface area contributed by atoms with E-state index in [4.69, 9.17) is 0 Å². The number of hydrogen-bond acceptors (Lipinski definition) is 5. The van der Waals surface area contributed by atoms with Gasteiger partial charge in [0.25, 0.3) is 0 Å². The van der Waals surface area contributed by atoms with Gasteiger partial charge in [-0.15, -0.1) is 5.10 Å². The second kappa shape index (κ2) is 7.99. The third-order valence-electron chi connectivity index (χ3n) is 2.93. The smallest absolute Gasteiger partial charge is 0.319 e. The van der Waals surface area contributed by atoms with Crippen molar-refractivity contribution >= 4 is 35.0 Å². The van der Waals surface area contributed by atoms with Crippen LogP contribution in [0.2, 0.25) is 0 Å². The number of hydrogen-bond donors (Lipinski definition) is 2. The van der Waals surface area contributed by atoms with Crippen molar-refractivity contribution in [1.82, 2.24) is 14.9 Å². The first-order valence-corrected chi connectivity index (χ1v) is 8.86. The van der Waals surface area contributed by atoms with E-state index >= 15 is 0 Å². The first kappa shape index (κ1) is 15.8. The van der Waals surface area contributed by atoms with Crippen LogP contribution < -0.4 is 10.6 Å². The van der Waals surface area contributed by atoms with Crippen LogP contribution in [0.3, 0.4) is 0 Å². The van der Waals surface area contributed by atoms with Crippen molar-refractivity contribution in [2.45, 2.75) is 19.4 Å². The molecule has 0 unspecified atom stereocenters. The molecule has 0 spiro atoms. The maximum atomic E-state index is 11.8. The number of nitrogens with zero attached hydrogens (tertiary/aromatic N) is 2. The molecule has 2 rings (SSSR count). The molecule has 21 heavy (non-hydrogen) atoms. The lowest BCUT2D eigenvalue weighted by atomic mass is 10.1. The van der Waals surface area contributed by atoms with Crippen LogP contribution >= 0.6 is 23.3 Å². The minimum absolute atomic E-state index is 0.165. The Kier molecular flexibility index (Phi) is 6.01. The van der Waals surface area contributed by atoms with E-state index in [9.17, 15) is 4.79 Å². The zero-order chi connectivity index (χ0) is 15.1. The number of amides is 2. The zero-order valence-electron chi connectivity index (χ0n) is 12.0. The standard InChI is InChI=1S/C14H18N4OS2/c1-10(7-8-20-2)15-14(19)16-12-5-3-11(4-6-12)13-9-21-18-17-13/h3-6,9-10H,7-8H2,1-2H3,(H2,15,16,19)/t10-/m0/s1. The Balaban J connectivity index is 1.87. The number of carbonyl (C=O) groups excluding carboxylic acids is 1. The first-order chi connectivity index (χ1) is 10.2. The van der Waals surface area contributed by atoms with Gasteiger partial charge in [-0.05, 0) is 49.0 Å². The second-order valence-electron chi connectivity index (χ2n) is 4.65. The Morgan fingerprint density at radius 1 is 1.38 bits per heavy atom. The number of thioether (sulfide) groups is 1. The van der Waals surface area contributed by atoms with Crippen molar-refractivity contribution in [1.29, 1.82) is 0 Å². The van der Waals surface area contributed by atoms with Crippen LogP contribution in [-0.2, 0) is 0 Å². The molecule has 5 nitrogen and oxygen atoms in total. The third kappa shape index (κ3) is 5.02. The third-order valence-corrected chi connectivity index (χ3v) is 4.08. The molecule has 2 N–H and O–H groups in total. The second-order valence-corrected chi connectivity index (χ2v) is 6.24. The van der Waals surface area contributed by atoms with E-state index in [-0.39, 0.29) is 12.1 Å². The first-order valence-electron chi connectivity index (χ1n) is 6.63. The summed E-state index contributed by atoms with van der Waals surface area (Å²) in [5, 5.41) is 11.7. The van der Waals surface area contributed by atoms with Crippen molar-refractivity contribution in [3.8, 4) is 11.3 Å². The lowest BCUT2D eigenvalue weighted by Gasteiger charge is -2.14. The summed E-state index contributed by atoms with van der Waals surface area (Å²) < 4.78 is 3.84. The van der Waals surface area contributed by atoms with Crippen molar-refractivity contribution < 1.29 is 4.79 Å². The summed E-state index contributed by atoms with van der Waals surface area (Å²) in [5.41, 5.74) is 2.60. The number of urea groups is 1. The van der Waals surface area contributed by atoms with Crippen molar-refractivity contribution in [2.24, 2.45) is 0 Å². The van der Waals surface area contributed by atoms with E-state index in [0.29, 0.717) is 0 Å². The molecule has 0 aliphatic rings. The fraction of sp³-hybridized carbons (Fsp3) is 0.357. The van der Waals surface area contributed by atoms with Crippen LogP contribution in [0.1, 0.15) is 13.3 Å². The Morgan fingerprint density at radius 2 is 2.14 bits per heavy atom. The summed E-state index contributed by atoms with van der Waals surface area (Å²) in [5.74, 6) is 1.04. The molecule has 0 saturated carbocycles. The van der Waals surface area contributed by atoms with E-state index < -0.39 is 0 Å². The Hall–Kier alpha value is -1.60. The minimum atomic E-state index is -0.174. The summed E-state index contributed by atoms with van der Waals surface area (Å²) in [6, 6.07) is 7.55. The molecular weight excluding hydrogens is 304 g/mol. The van der Waals surface area contributed by atoms with Crippen molar-refractivity contribution in [3.05, 3.63) is 29.6 Å². The van der Waals surface area contributed by atoms with Crippen LogP contribution in [0.4, 0.5) is 10.5 Å². The summed E-state index contributed by atoms with van der Waals surface area (Å²) in [7, 11) is 0. The van der Waals surface area contributed by atoms with Crippen LogP contribution in [-0.4, -0.2) is 33.7 Å². The van der Waals surface area contributed by atoms with Crippen LogP contribution in [0.25, 0.3) is 11.3 Å². The highest BCUT2D eigenvalue weighted by Crippen LogP contribution is 2.19. The number of anilines is 1. The molecule has 0 bridgehead atoms. The quantitative estimate of drug-likeness (QED) is 0.854. The summed E-state index contributed by atoms with van der Waals surface area (Å²) >= 11 is 3.10. The van der Waals surface area contributed by atoms with Gasteiger partial charge in [-0.1, -0.05) is 16.6 Å². The van der Waals surface area contributed by atoms with Crippen molar-refractivity contribution in [2.75, 3.05) is 17.3 Å². The molecule has 1 atom stereocenters. The van der Waals surface area contributed by atoms with Crippen molar-refractivity contribution in [3.63, 3.8) is 0 Å². The van der Waals surface area contributed by atoms with Gasteiger partial charge in [-0.25, -0.2) is 4.79 Å². The van der Waals surface area contributed by atoms with Gasteiger partial charge >= 0.3 is 6.03 Å². The van der Waals surface area contributed by atoms with E-state index in [1.54, 1.807) is 11.8 Å². The molecule has 112 valence electrons. The van der Waals surface area contributed by atoms with Gasteiger partial charge in [0.2, 0.25) is 0 Å². The molecule has 1 aromatic heterocycles. The van der Waals surface area contributed by atoms with Gasteiger partial charge in [-0.2, -0.15) is 11.8 Å². The normalized spacial score (nSPS) is 11.9. The molecule has 7 heteroatoms. The fourth-order valence-corrected chi connectivity index (χ4v) is 2.83. The summed E-state index contributed by atoms with van der Waals surface area (Å²) in [6.45, 7) is 2.01. The van der Waals surface area contributed by atoms with E-state index in [1.807, 2.05) is 36.6 Å². The summed E-state index contributed by atoms with van der Waals surface area (Å²) in [4.78, 5) is 11.8. The molecule has 0 saturated heterocycles. The maximum Gasteiger partial charge on any atom is 0.319 e. The lowest BCUT2D eigenvalue weighted by molar-refractivity contribution is 0.249. The SMILES string of the molecule is CSCC[C@H](C)NC(=O)Nc1ccc(-c2csnn2)cc1. The zero-order valence-corrected chi connectivity index (χ0v) is 13.6. The van der Waals surface area contributed by atoms with Crippen LogP contribution in [0.5, 0.6) is 0 Å². The Labute approximate surface area is 132 Å². The Morgan fingerprint density at radius 3 is 2.76 bits per heavy atom. The highest BCUT2D eigenvalue weighted by molar-refractivity contribution is 7.98. The highest BCUT2D eigenvalue weighted by Gasteiger charge is 2.07. The van der Waals surface area contributed by atoms with Crippen LogP contribution in [0, 0.1) is 0 Å². The molecule has 0 aliphatic heterocycles. The van der Waals surface area contributed by atoms with Crippen LogP contribution in [0.15, 0.2) is 29.6 Å². The lowest BCUT2D eigenvalue weighted by Crippen LogP contribution is -2.36. The number of rotatable bonds is 6. The topological polar surface area (TPSA) is 66.9 Å².